The van der Waals surface area contributed by atoms with E-state index >= 15 is 0 Å². The minimum absolute atomic E-state index is 0.0255. The summed E-state index contributed by atoms with van der Waals surface area (Å²) in [5.41, 5.74) is 1.27. The molecule has 150 valence electrons. The molecule has 7 nitrogen and oxygen atoms in total. The summed E-state index contributed by atoms with van der Waals surface area (Å²) in [6, 6.07) is 10.6. The first kappa shape index (κ1) is 19.5. The molecule has 1 aromatic carbocycles. The molecular weight excluding hydrogens is 390 g/mol. The van der Waals surface area contributed by atoms with E-state index < -0.39 is 0 Å². The van der Waals surface area contributed by atoms with Crippen molar-refractivity contribution in [3.63, 3.8) is 0 Å². The normalized spacial score (nSPS) is 17.4. The SMILES string of the molecule is Cc1cccc(NC(=O)C2CCCN(Cc3nc4ccc(Cl)cc4c(=O)[nH]3)C2)n1. The van der Waals surface area contributed by atoms with Gasteiger partial charge in [-0.15, -0.1) is 0 Å². The molecule has 2 aromatic heterocycles. The fourth-order valence-corrected chi connectivity index (χ4v) is 3.87. The van der Waals surface area contributed by atoms with E-state index in [9.17, 15) is 9.59 Å². The number of H-pyrrole nitrogens is 1. The van der Waals surface area contributed by atoms with Crippen molar-refractivity contribution in [2.75, 3.05) is 18.4 Å². The number of benzene rings is 1. The number of fused-ring (bicyclic) bond motifs is 1. The molecule has 0 saturated carbocycles. The number of carbonyl (C=O) groups excluding carboxylic acids is 1. The third kappa shape index (κ3) is 4.63. The Labute approximate surface area is 173 Å². The Morgan fingerprint density at radius 3 is 3.00 bits per heavy atom. The van der Waals surface area contributed by atoms with Crippen LogP contribution in [0, 0.1) is 12.8 Å². The van der Waals surface area contributed by atoms with E-state index in [0.717, 1.165) is 25.1 Å². The predicted octanol–water partition coefficient (Wildman–Crippen LogP) is 3.13. The van der Waals surface area contributed by atoms with Crippen molar-refractivity contribution in [1.29, 1.82) is 0 Å². The molecule has 29 heavy (non-hydrogen) atoms. The molecule has 0 radical (unpaired) electrons. The van der Waals surface area contributed by atoms with Gasteiger partial charge in [-0.3, -0.25) is 14.5 Å². The second-order valence-electron chi connectivity index (χ2n) is 7.40. The van der Waals surface area contributed by atoms with Crippen LogP contribution in [-0.4, -0.2) is 38.8 Å². The van der Waals surface area contributed by atoms with E-state index in [2.05, 4.69) is 25.2 Å². The van der Waals surface area contributed by atoms with Gasteiger partial charge in [0.05, 0.1) is 23.4 Å². The zero-order valence-electron chi connectivity index (χ0n) is 16.1. The topological polar surface area (TPSA) is 91.0 Å². The van der Waals surface area contributed by atoms with Gasteiger partial charge in [-0.25, -0.2) is 9.97 Å². The zero-order chi connectivity index (χ0) is 20.4. The Hall–Kier alpha value is -2.77. The van der Waals surface area contributed by atoms with Gasteiger partial charge in [-0.2, -0.15) is 0 Å². The fourth-order valence-electron chi connectivity index (χ4n) is 3.70. The molecule has 1 fully saturated rings. The van der Waals surface area contributed by atoms with Crippen LogP contribution in [0.25, 0.3) is 10.9 Å². The van der Waals surface area contributed by atoms with Gasteiger partial charge in [0, 0.05) is 17.3 Å². The van der Waals surface area contributed by atoms with Gasteiger partial charge in [0.2, 0.25) is 5.91 Å². The van der Waals surface area contributed by atoms with Crippen LogP contribution in [0.4, 0.5) is 5.82 Å². The number of carbonyl (C=O) groups is 1. The van der Waals surface area contributed by atoms with Crippen LogP contribution < -0.4 is 10.9 Å². The number of amides is 1. The summed E-state index contributed by atoms with van der Waals surface area (Å²) >= 11 is 5.97. The number of piperidine rings is 1. The molecule has 1 atom stereocenters. The van der Waals surface area contributed by atoms with E-state index in [-0.39, 0.29) is 17.4 Å². The Morgan fingerprint density at radius 2 is 2.17 bits per heavy atom. The highest BCUT2D eigenvalue weighted by Crippen LogP contribution is 2.20. The quantitative estimate of drug-likeness (QED) is 0.688. The summed E-state index contributed by atoms with van der Waals surface area (Å²) in [5, 5.41) is 3.89. The third-order valence-electron chi connectivity index (χ3n) is 5.11. The predicted molar refractivity (Wildman–Crippen MR) is 113 cm³/mol. The number of nitrogens with one attached hydrogen (secondary N) is 2. The molecule has 0 spiro atoms. The lowest BCUT2D eigenvalue weighted by molar-refractivity contribution is -0.121. The van der Waals surface area contributed by atoms with Gasteiger partial charge in [0.1, 0.15) is 11.6 Å². The van der Waals surface area contributed by atoms with E-state index in [1.165, 1.54) is 0 Å². The van der Waals surface area contributed by atoms with E-state index in [1.54, 1.807) is 24.3 Å². The van der Waals surface area contributed by atoms with Crippen molar-refractivity contribution >= 4 is 34.2 Å². The molecular formula is C21H22ClN5O2. The van der Waals surface area contributed by atoms with Gasteiger partial charge in [-0.05, 0) is 56.6 Å². The summed E-state index contributed by atoms with van der Waals surface area (Å²) in [6.07, 6.45) is 1.74. The number of pyridine rings is 1. The smallest absolute Gasteiger partial charge is 0.258 e. The fraction of sp³-hybridized carbons (Fsp3) is 0.333. The Balaban J connectivity index is 1.45. The largest absolute Gasteiger partial charge is 0.310 e. The van der Waals surface area contributed by atoms with Gasteiger partial charge in [-0.1, -0.05) is 17.7 Å². The average molecular weight is 412 g/mol. The maximum atomic E-state index is 12.7. The molecule has 1 aliphatic heterocycles. The van der Waals surface area contributed by atoms with Crippen LogP contribution >= 0.6 is 11.6 Å². The highest BCUT2D eigenvalue weighted by atomic mass is 35.5. The summed E-state index contributed by atoms with van der Waals surface area (Å²) in [7, 11) is 0. The Morgan fingerprint density at radius 1 is 1.31 bits per heavy atom. The first-order valence-corrected chi connectivity index (χ1v) is 10.0. The monoisotopic (exact) mass is 411 g/mol. The molecule has 1 saturated heterocycles. The maximum absolute atomic E-state index is 12.7. The van der Waals surface area contributed by atoms with Crippen LogP contribution in [0.5, 0.6) is 0 Å². The average Bonchev–Trinajstić information content (AvgIpc) is 2.69. The van der Waals surface area contributed by atoms with Crippen LogP contribution in [0.15, 0.2) is 41.2 Å². The van der Waals surface area contributed by atoms with Crippen LogP contribution in [0.2, 0.25) is 5.02 Å². The van der Waals surface area contributed by atoms with Crippen LogP contribution in [0.3, 0.4) is 0 Å². The first-order valence-electron chi connectivity index (χ1n) is 9.63. The van der Waals surface area contributed by atoms with E-state index in [1.807, 2.05) is 19.1 Å². The van der Waals surface area contributed by atoms with Gasteiger partial charge < -0.3 is 10.3 Å². The highest BCUT2D eigenvalue weighted by molar-refractivity contribution is 6.31. The molecule has 1 unspecified atom stereocenters. The van der Waals surface area contributed by atoms with Crippen molar-refractivity contribution in [2.45, 2.75) is 26.3 Å². The molecule has 0 bridgehead atoms. The second-order valence-corrected chi connectivity index (χ2v) is 7.84. The summed E-state index contributed by atoms with van der Waals surface area (Å²) in [4.78, 5) is 38.9. The van der Waals surface area contributed by atoms with Gasteiger partial charge in [0.15, 0.2) is 0 Å². The molecule has 3 aromatic rings. The summed E-state index contributed by atoms with van der Waals surface area (Å²) in [5.74, 6) is 1.01. The first-order chi connectivity index (χ1) is 14.0. The maximum Gasteiger partial charge on any atom is 0.258 e. The molecule has 1 aliphatic rings. The second kappa shape index (κ2) is 8.31. The third-order valence-corrected chi connectivity index (χ3v) is 5.34. The lowest BCUT2D eigenvalue weighted by atomic mass is 9.97. The number of anilines is 1. The highest BCUT2D eigenvalue weighted by Gasteiger charge is 2.26. The number of likely N-dealkylation sites (tertiary alicyclic amines) is 1. The number of hydrogen-bond acceptors (Lipinski definition) is 5. The van der Waals surface area contributed by atoms with E-state index in [4.69, 9.17) is 11.6 Å². The van der Waals surface area contributed by atoms with Gasteiger partial charge in [0.25, 0.3) is 5.56 Å². The number of rotatable bonds is 4. The minimum Gasteiger partial charge on any atom is -0.310 e. The minimum atomic E-state index is -0.204. The summed E-state index contributed by atoms with van der Waals surface area (Å²) in [6.45, 7) is 3.85. The molecule has 0 aliphatic carbocycles. The van der Waals surface area contributed by atoms with Crippen LogP contribution in [-0.2, 0) is 11.3 Å². The van der Waals surface area contributed by atoms with Crippen molar-refractivity contribution in [3.8, 4) is 0 Å². The molecule has 2 N–H and O–H groups in total. The van der Waals surface area contributed by atoms with Crippen molar-refractivity contribution in [1.82, 2.24) is 19.9 Å². The number of nitrogens with zero attached hydrogens (tertiary/aromatic N) is 3. The van der Waals surface area contributed by atoms with Crippen molar-refractivity contribution < 1.29 is 4.79 Å². The molecule has 1 amide bonds. The number of halogens is 1. The molecule has 8 heteroatoms. The van der Waals surface area contributed by atoms with Crippen LogP contribution in [0.1, 0.15) is 24.4 Å². The standard InChI is InChI=1S/C21H22ClN5O2/c1-13-4-2-6-18(23-13)25-20(28)14-5-3-9-27(11-14)12-19-24-17-8-7-15(22)10-16(17)21(29)26-19/h2,4,6-8,10,14H,3,5,9,11-12H2,1H3,(H,23,25,28)(H,24,26,29). The molecule has 4 rings (SSSR count). The molecule has 3 heterocycles. The zero-order valence-corrected chi connectivity index (χ0v) is 16.9. The number of aryl methyl sites for hydroxylation is 1. The van der Waals surface area contributed by atoms with Crippen molar-refractivity contribution in [2.24, 2.45) is 5.92 Å². The van der Waals surface area contributed by atoms with Gasteiger partial charge >= 0.3 is 0 Å². The Kier molecular flexibility index (Phi) is 5.60. The van der Waals surface area contributed by atoms with Crippen molar-refractivity contribution in [3.05, 3.63) is 63.3 Å². The van der Waals surface area contributed by atoms with E-state index in [0.29, 0.717) is 40.7 Å². The number of hydrogen-bond donors (Lipinski definition) is 2. The summed E-state index contributed by atoms with van der Waals surface area (Å²) < 4.78 is 0. The number of aromatic amines is 1. The Bertz CT molecular complexity index is 1110. The lowest BCUT2D eigenvalue weighted by Gasteiger charge is -2.31. The lowest BCUT2D eigenvalue weighted by Crippen LogP contribution is -2.40. The number of aromatic nitrogens is 3.